The van der Waals surface area contributed by atoms with E-state index >= 15 is 0 Å². The number of unbranched alkanes of at least 4 members (excludes halogenated alkanes) is 40. The second-order valence-electron chi connectivity index (χ2n) is 23.8. The maximum atomic E-state index is 12.9. The highest BCUT2D eigenvalue weighted by Gasteiger charge is 2.19. The zero-order valence-corrected chi connectivity index (χ0v) is 54.5. The van der Waals surface area contributed by atoms with Gasteiger partial charge in [0.05, 0.1) is 0 Å². The molecule has 0 bridgehead atoms. The first kappa shape index (κ1) is 78.6. The summed E-state index contributed by atoms with van der Waals surface area (Å²) in [6.07, 6.45) is 93.3. The van der Waals surface area contributed by atoms with Crippen LogP contribution >= 0.6 is 0 Å². The lowest BCUT2D eigenvalue weighted by molar-refractivity contribution is -0.167. The van der Waals surface area contributed by atoms with Crippen LogP contribution in [0, 0.1) is 0 Å². The molecule has 0 radical (unpaired) electrons. The average molecular weight is 1140 g/mol. The van der Waals surface area contributed by atoms with Crippen molar-refractivity contribution in [2.24, 2.45) is 0 Å². The molecule has 0 aliphatic heterocycles. The van der Waals surface area contributed by atoms with Crippen LogP contribution in [-0.4, -0.2) is 37.2 Å². The maximum absolute atomic E-state index is 12.9. The number of hydrogen-bond acceptors (Lipinski definition) is 6. The van der Waals surface area contributed by atoms with Crippen LogP contribution in [0.5, 0.6) is 0 Å². The zero-order chi connectivity index (χ0) is 59.2. The van der Waals surface area contributed by atoms with Crippen LogP contribution in [0.25, 0.3) is 0 Å². The van der Waals surface area contributed by atoms with Gasteiger partial charge in [0.25, 0.3) is 0 Å². The van der Waals surface area contributed by atoms with Gasteiger partial charge in [0.1, 0.15) is 13.2 Å². The van der Waals surface area contributed by atoms with Crippen molar-refractivity contribution in [2.75, 3.05) is 13.2 Å². The van der Waals surface area contributed by atoms with Crippen LogP contribution in [-0.2, 0) is 28.6 Å². The first-order valence-corrected chi connectivity index (χ1v) is 35.6. The fourth-order valence-corrected chi connectivity index (χ4v) is 10.3. The van der Waals surface area contributed by atoms with E-state index in [2.05, 4.69) is 106 Å². The van der Waals surface area contributed by atoms with Gasteiger partial charge in [-0.2, -0.15) is 0 Å². The van der Waals surface area contributed by atoms with Crippen molar-refractivity contribution in [2.45, 2.75) is 367 Å². The predicted octanol–water partition coefficient (Wildman–Crippen LogP) is 24.6. The summed E-state index contributed by atoms with van der Waals surface area (Å²) in [6.45, 7) is 6.53. The van der Waals surface area contributed by atoms with Crippen LogP contribution in [0.1, 0.15) is 361 Å². The molecule has 0 aliphatic carbocycles. The van der Waals surface area contributed by atoms with Gasteiger partial charge in [-0.1, -0.05) is 337 Å². The lowest BCUT2D eigenvalue weighted by Gasteiger charge is -2.18. The van der Waals surface area contributed by atoms with Crippen molar-refractivity contribution in [1.82, 2.24) is 0 Å². The Morgan fingerprint density at radius 2 is 0.488 bits per heavy atom. The number of allylic oxidation sites excluding steroid dienone is 14. The minimum Gasteiger partial charge on any atom is -0.462 e. The molecule has 0 aromatic carbocycles. The van der Waals surface area contributed by atoms with Crippen molar-refractivity contribution in [3.63, 3.8) is 0 Å². The molecule has 0 saturated heterocycles. The van der Waals surface area contributed by atoms with E-state index in [1.807, 2.05) is 0 Å². The monoisotopic (exact) mass is 1140 g/mol. The molecule has 6 nitrogen and oxygen atoms in total. The summed E-state index contributed by atoms with van der Waals surface area (Å²) in [5.74, 6) is -0.872. The maximum Gasteiger partial charge on any atom is 0.306 e. The number of ether oxygens (including phenoxy) is 3. The van der Waals surface area contributed by atoms with Gasteiger partial charge in [-0.15, -0.1) is 0 Å². The van der Waals surface area contributed by atoms with Crippen LogP contribution in [0.2, 0.25) is 0 Å². The SMILES string of the molecule is CC/C=C\C/C=C\C/C=C\C/C=C\C/C=C\C/C=C\CCCCCCCCCCCCC(=O)OCC(COC(=O)CCCCCCC/C=C\CCCC)OC(=O)CCCCCCCCCCCCCCCCCCCCCCCCCC. The molecule has 0 fully saturated rings. The second kappa shape index (κ2) is 70.1. The molecule has 0 N–H and O–H groups in total. The summed E-state index contributed by atoms with van der Waals surface area (Å²) in [6, 6.07) is 0. The normalized spacial score (nSPS) is 12.6. The molecule has 474 valence electrons. The standard InChI is InChI=1S/C76H134O6/c1-4-7-10-13-16-19-22-24-26-28-30-32-34-36-37-38-39-40-42-43-45-47-49-51-54-57-60-63-66-69-75(78)81-72-73(71-80-74(77)68-65-62-59-56-53-21-18-15-12-9-6-3)82-76(79)70-67-64-61-58-55-52-50-48-46-44-41-35-33-31-29-27-25-23-20-17-14-11-8-5-2/h7,10,15-16,18-19,24,26,30,32,36-37,39-40,73H,4-6,8-9,11-14,17,20-23,25,27-29,31,33-35,38,41-72H2,1-3H3/b10-7-,18-15-,19-16-,26-24-,32-30-,37-36-,40-39-. The number of hydrogen-bond donors (Lipinski definition) is 0. The summed E-state index contributed by atoms with van der Waals surface area (Å²) in [5, 5.41) is 0. The Labute approximate surface area is 509 Å². The Kier molecular flexibility index (Phi) is 67.2. The largest absolute Gasteiger partial charge is 0.462 e. The fraction of sp³-hybridized carbons (Fsp3) is 0.776. The summed E-state index contributed by atoms with van der Waals surface area (Å²) >= 11 is 0. The molecular weight excluding hydrogens is 1010 g/mol. The van der Waals surface area contributed by atoms with Gasteiger partial charge in [-0.05, 0) is 89.9 Å². The summed E-state index contributed by atoms with van der Waals surface area (Å²) < 4.78 is 17.0. The molecule has 0 aliphatic rings. The van der Waals surface area contributed by atoms with Crippen LogP contribution in [0.4, 0.5) is 0 Å². The Hall–Kier alpha value is -3.41. The van der Waals surface area contributed by atoms with E-state index in [0.29, 0.717) is 19.3 Å². The van der Waals surface area contributed by atoms with Crippen molar-refractivity contribution >= 4 is 17.9 Å². The number of rotatable bonds is 65. The third-order valence-corrected chi connectivity index (χ3v) is 15.6. The third kappa shape index (κ3) is 67.4. The lowest BCUT2D eigenvalue weighted by atomic mass is 10.0. The zero-order valence-electron chi connectivity index (χ0n) is 54.5. The van der Waals surface area contributed by atoms with E-state index in [-0.39, 0.29) is 31.1 Å². The van der Waals surface area contributed by atoms with Gasteiger partial charge in [-0.3, -0.25) is 14.4 Å². The highest BCUT2D eigenvalue weighted by atomic mass is 16.6. The molecule has 0 saturated carbocycles. The van der Waals surface area contributed by atoms with E-state index in [1.165, 1.54) is 218 Å². The van der Waals surface area contributed by atoms with Crippen molar-refractivity contribution in [3.05, 3.63) is 85.1 Å². The van der Waals surface area contributed by atoms with E-state index in [0.717, 1.165) is 103 Å². The number of esters is 3. The summed E-state index contributed by atoms with van der Waals surface area (Å²) in [5.41, 5.74) is 0. The summed E-state index contributed by atoms with van der Waals surface area (Å²) in [4.78, 5) is 38.4. The Bertz CT molecular complexity index is 1550. The van der Waals surface area contributed by atoms with E-state index < -0.39 is 6.10 Å². The molecule has 0 rings (SSSR count). The van der Waals surface area contributed by atoms with Gasteiger partial charge in [0.2, 0.25) is 0 Å². The molecular formula is C76H134O6. The Morgan fingerprint density at radius 3 is 0.793 bits per heavy atom. The van der Waals surface area contributed by atoms with Gasteiger partial charge in [-0.25, -0.2) is 0 Å². The predicted molar refractivity (Wildman–Crippen MR) is 358 cm³/mol. The molecule has 0 aromatic heterocycles. The van der Waals surface area contributed by atoms with E-state index in [1.54, 1.807) is 0 Å². The van der Waals surface area contributed by atoms with E-state index in [9.17, 15) is 14.4 Å². The lowest BCUT2D eigenvalue weighted by Crippen LogP contribution is -2.30. The molecule has 1 unspecified atom stereocenters. The van der Waals surface area contributed by atoms with Crippen molar-refractivity contribution < 1.29 is 28.6 Å². The van der Waals surface area contributed by atoms with Crippen molar-refractivity contribution in [1.29, 1.82) is 0 Å². The van der Waals surface area contributed by atoms with Crippen LogP contribution in [0.15, 0.2) is 85.1 Å². The van der Waals surface area contributed by atoms with Gasteiger partial charge in [0.15, 0.2) is 6.10 Å². The molecule has 0 spiro atoms. The van der Waals surface area contributed by atoms with E-state index in [4.69, 9.17) is 14.2 Å². The van der Waals surface area contributed by atoms with Crippen molar-refractivity contribution in [3.8, 4) is 0 Å². The molecule has 0 amide bonds. The topological polar surface area (TPSA) is 78.9 Å². The third-order valence-electron chi connectivity index (χ3n) is 15.6. The number of carbonyl (C=O) groups is 3. The van der Waals surface area contributed by atoms with Gasteiger partial charge >= 0.3 is 17.9 Å². The Balaban J connectivity index is 4.21. The summed E-state index contributed by atoms with van der Waals surface area (Å²) in [7, 11) is 0. The fourth-order valence-electron chi connectivity index (χ4n) is 10.3. The quantitative estimate of drug-likeness (QED) is 0.0261. The highest BCUT2D eigenvalue weighted by Crippen LogP contribution is 2.18. The first-order chi connectivity index (χ1) is 40.5. The molecule has 6 heteroatoms. The van der Waals surface area contributed by atoms with Gasteiger partial charge < -0.3 is 14.2 Å². The molecule has 0 aromatic rings. The highest BCUT2D eigenvalue weighted by molar-refractivity contribution is 5.71. The second-order valence-corrected chi connectivity index (χ2v) is 23.8. The van der Waals surface area contributed by atoms with Crippen LogP contribution < -0.4 is 0 Å². The number of carbonyl (C=O) groups excluding carboxylic acids is 3. The van der Waals surface area contributed by atoms with Crippen LogP contribution in [0.3, 0.4) is 0 Å². The van der Waals surface area contributed by atoms with Gasteiger partial charge in [0, 0.05) is 19.3 Å². The first-order valence-electron chi connectivity index (χ1n) is 35.6. The minimum atomic E-state index is -0.781. The Morgan fingerprint density at radius 1 is 0.256 bits per heavy atom. The average Bonchev–Trinajstić information content (AvgIpc) is 3.47. The minimum absolute atomic E-state index is 0.0778. The molecule has 0 heterocycles. The molecule has 82 heavy (non-hydrogen) atoms. The smallest absolute Gasteiger partial charge is 0.306 e. The molecule has 1 atom stereocenters.